The van der Waals surface area contributed by atoms with Crippen molar-refractivity contribution in [2.24, 2.45) is 0 Å². The van der Waals surface area contributed by atoms with Crippen molar-refractivity contribution in [1.29, 1.82) is 0 Å². The summed E-state index contributed by atoms with van der Waals surface area (Å²) >= 11 is 20.5. The number of hydrogen-bond donors (Lipinski definition) is 1. The first-order valence-electron chi connectivity index (χ1n) is 11.2. The Hall–Kier alpha value is -2.22. The smallest absolute Gasteiger partial charge is 0.259 e. The lowest BCUT2D eigenvalue weighted by Gasteiger charge is -2.35. The van der Waals surface area contributed by atoms with E-state index in [9.17, 15) is 9.59 Å². The molecule has 0 aliphatic carbocycles. The highest BCUT2D eigenvalue weighted by molar-refractivity contribution is 7.99. The molecule has 2 amide bonds. The summed E-state index contributed by atoms with van der Waals surface area (Å²) in [5, 5.41) is 3.80. The molecule has 1 atom stereocenters. The molecule has 35 heavy (non-hydrogen) atoms. The Morgan fingerprint density at radius 3 is 2.51 bits per heavy atom. The van der Waals surface area contributed by atoms with E-state index in [0.29, 0.717) is 33.4 Å². The fourth-order valence-electron chi connectivity index (χ4n) is 4.49. The number of anilines is 2. The molecule has 0 radical (unpaired) electrons. The van der Waals surface area contributed by atoms with Crippen LogP contribution in [0, 0.1) is 0 Å². The van der Waals surface area contributed by atoms with Crippen molar-refractivity contribution >= 4 is 69.8 Å². The van der Waals surface area contributed by atoms with Gasteiger partial charge < -0.3 is 10.2 Å². The van der Waals surface area contributed by atoms with E-state index in [2.05, 4.69) is 16.3 Å². The molecule has 3 aromatic rings. The highest BCUT2D eigenvalue weighted by Crippen LogP contribution is 2.33. The molecule has 180 valence electrons. The van der Waals surface area contributed by atoms with Crippen LogP contribution >= 0.6 is 46.6 Å². The van der Waals surface area contributed by atoms with Gasteiger partial charge in [0.25, 0.3) is 11.8 Å². The molecule has 1 unspecified atom stereocenters. The van der Waals surface area contributed by atoms with Crippen LogP contribution in [0.1, 0.15) is 26.3 Å². The van der Waals surface area contributed by atoms with Crippen LogP contribution in [-0.2, 0) is 6.54 Å². The Labute approximate surface area is 223 Å². The standard InChI is InChI=1S/C26H22Cl3N3O2S/c27-18-9-17(10-19(28)11-18)25(33)30-20-5-6-22(23(29)12-20)26(34)32-14-21-15-35-8-7-31(21)13-16-3-1-2-4-24(16)32/h1-6,9-12,21H,7-8,13-15H2,(H,30,33). The maximum absolute atomic E-state index is 13.7. The van der Waals surface area contributed by atoms with E-state index in [1.807, 2.05) is 34.9 Å². The Kier molecular flexibility index (Phi) is 7.28. The first-order chi connectivity index (χ1) is 16.9. The number of thioether (sulfide) groups is 1. The zero-order valence-electron chi connectivity index (χ0n) is 18.6. The van der Waals surface area contributed by atoms with Gasteiger partial charge in [-0.2, -0.15) is 11.8 Å². The van der Waals surface area contributed by atoms with E-state index in [0.717, 1.165) is 35.8 Å². The number of carbonyl (C=O) groups excluding carboxylic acids is 2. The second-order valence-electron chi connectivity index (χ2n) is 8.55. The number of fused-ring (bicyclic) bond motifs is 2. The van der Waals surface area contributed by atoms with Gasteiger partial charge in [-0.05, 0) is 48.0 Å². The number of amides is 2. The Balaban J connectivity index is 1.40. The van der Waals surface area contributed by atoms with Gasteiger partial charge in [-0.15, -0.1) is 0 Å². The summed E-state index contributed by atoms with van der Waals surface area (Å²) in [6, 6.07) is 17.9. The van der Waals surface area contributed by atoms with E-state index in [4.69, 9.17) is 34.8 Å². The molecule has 0 saturated carbocycles. The average Bonchev–Trinajstić information content (AvgIpc) is 3.00. The number of carbonyl (C=O) groups is 2. The minimum atomic E-state index is -0.374. The van der Waals surface area contributed by atoms with Crippen molar-refractivity contribution in [3.05, 3.63) is 92.4 Å². The number of nitrogens with zero attached hydrogens (tertiary/aromatic N) is 2. The van der Waals surface area contributed by atoms with E-state index in [-0.39, 0.29) is 22.9 Å². The molecule has 5 rings (SSSR count). The maximum Gasteiger partial charge on any atom is 0.259 e. The van der Waals surface area contributed by atoms with Gasteiger partial charge in [0.1, 0.15) is 0 Å². The predicted octanol–water partition coefficient (Wildman–Crippen LogP) is 6.48. The van der Waals surface area contributed by atoms with Crippen molar-refractivity contribution in [1.82, 2.24) is 4.90 Å². The fourth-order valence-corrected chi connectivity index (χ4v) is 6.40. The zero-order chi connectivity index (χ0) is 24.5. The van der Waals surface area contributed by atoms with Crippen LogP contribution in [0.25, 0.3) is 0 Å². The van der Waals surface area contributed by atoms with Crippen LogP contribution in [0.3, 0.4) is 0 Å². The second-order valence-corrected chi connectivity index (χ2v) is 11.0. The molecule has 0 spiro atoms. The largest absolute Gasteiger partial charge is 0.322 e. The number of rotatable bonds is 3. The van der Waals surface area contributed by atoms with Crippen molar-refractivity contribution in [2.45, 2.75) is 12.6 Å². The van der Waals surface area contributed by atoms with E-state index < -0.39 is 0 Å². The van der Waals surface area contributed by atoms with Crippen molar-refractivity contribution in [3.63, 3.8) is 0 Å². The summed E-state index contributed by atoms with van der Waals surface area (Å²) in [6.07, 6.45) is 0. The quantitative estimate of drug-likeness (QED) is 0.409. The molecule has 2 aliphatic rings. The van der Waals surface area contributed by atoms with E-state index in [1.54, 1.807) is 24.3 Å². The number of nitrogens with one attached hydrogen (secondary N) is 1. The fraction of sp³-hybridized carbons (Fsp3) is 0.231. The molecule has 0 bridgehead atoms. The minimum Gasteiger partial charge on any atom is -0.322 e. The molecule has 1 saturated heterocycles. The van der Waals surface area contributed by atoms with Crippen LogP contribution in [0.15, 0.2) is 60.7 Å². The third-order valence-electron chi connectivity index (χ3n) is 6.23. The van der Waals surface area contributed by atoms with Gasteiger partial charge in [-0.1, -0.05) is 53.0 Å². The number of halogens is 3. The maximum atomic E-state index is 13.7. The SMILES string of the molecule is O=C(Nc1ccc(C(=O)N2CC3CSCCN3Cc3ccccc32)c(Cl)c1)c1cc(Cl)cc(Cl)c1. The lowest BCUT2D eigenvalue weighted by atomic mass is 10.1. The van der Waals surface area contributed by atoms with Crippen LogP contribution in [0.5, 0.6) is 0 Å². The predicted molar refractivity (Wildman–Crippen MR) is 146 cm³/mol. The molecular weight excluding hydrogens is 525 g/mol. The second kappa shape index (κ2) is 10.4. The molecule has 5 nitrogen and oxygen atoms in total. The Morgan fingerprint density at radius 2 is 1.74 bits per heavy atom. The van der Waals surface area contributed by atoms with Crippen molar-refractivity contribution in [3.8, 4) is 0 Å². The summed E-state index contributed by atoms with van der Waals surface area (Å²) in [6.45, 7) is 2.45. The molecule has 2 aliphatic heterocycles. The minimum absolute atomic E-state index is 0.153. The van der Waals surface area contributed by atoms with Crippen LogP contribution in [0.4, 0.5) is 11.4 Å². The topological polar surface area (TPSA) is 52.7 Å². The zero-order valence-corrected chi connectivity index (χ0v) is 21.7. The lowest BCUT2D eigenvalue weighted by Crippen LogP contribution is -2.48. The molecule has 1 fully saturated rings. The summed E-state index contributed by atoms with van der Waals surface area (Å²) in [4.78, 5) is 30.7. The van der Waals surface area contributed by atoms with Crippen molar-refractivity contribution < 1.29 is 9.59 Å². The molecular formula is C26H22Cl3N3O2S. The summed E-state index contributed by atoms with van der Waals surface area (Å²) in [5.74, 6) is 1.57. The van der Waals surface area contributed by atoms with Crippen LogP contribution in [-0.4, -0.2) is 47.4 Å². The molecule has 0 aromatic heterocycles. The van der Waals surface area contributed by atoms with Crippen molar-refractivity contribution in [2.75, 3.05) is 34.8 Å². The highest BCUT2D eigenvalue weighted by Gasteiger charge is 2.33. The molecule has 2 heterocycles. The van der Waals surface area contributed by atoms with Crippen LogP contribution in [0.2, 0.25) is 15.1 Å². The number of hydrogen-bond acceptors (Lipinski definition) is 4. The first kappa shape index (κ1) is 24.5. The van der Waals surface area contributed by atoms with Gasteiger partial charge in [0.05, 0.1) is 10.6 Å². The normalized spacial score (nSPS) is 17.8. The molecule has 3 aromatic carbocycles. The monoisotopic (exact) mass is 545 g/mol. The highest BCUT2D eigenvalue weighted by atomic mass is 35.5. The van der Waals surface area contributed by atoms with E-state index in [1.165, 1.54) is 12.1 Å². The summed E-state index contributed by atoms with van der Waals surface area (Å²) in [5.41, 5.74) is 3.24. The summed E-state index contributed by atoms with van der Waals surface area (Å²) in [7, 11) is 0. The first-order valence-corrected chi connectivity index (χ1v) is 13.5. The number of benzene rings is 3. The van der Waals surface area contributed by atoms with Gasteiger partial charge in [-0.25, -0.2) is 0 Å². The third-order valence-corrected chi connectivity index (χ3v) is 8.07. The van der Waals surface area contributed by atoms with Gasteiger partial charge in [0, 0.05) is 64.2 Å². The Bertz CT molecular complexity index is 1280. The third kappa shape index (κ3) is 5.32. The number of para-hydroxylation sites is 1. The van der Waals surface area contributed by atoms with Gasteiger partial charge in [0.2, 0.25) is 0 Å². The molecule has 9 heteroatoms. The molecule has 1 N–H and O–H groups in total. The van der Waals surface area contributed by atoms with Gasteiger partial charge in [-0.3, -0.25) is 14.5 Å². The van der Waals surface area contributed by atoms with Crippen LogP contribution < -0.4 is 10.2 Å². The van der Waals surface area contributed by atoms with Gasteiger partial charge >= 0.3 is 0 Å². The lowest BCUT2D eigenvalue weighted by molar-refractivity contribution is 0.0978. The Morgan fingerprint density at radius 1 is 0.971 bits per heavy atom. The summed E-state index contributed by atoms with van der Waals surface area (Å²) < 4.78 is 0. The van der Waals surface area contributed by atoms with Gasteiger partial charge in [0.15, 0.2) is 0 Å². The average molecular weight is 547 g/mol. The van der Waals surface area contributed by atoms with E-state index >= 15 is 0 Å².